The molecule has 1 atom stereocenters. The molecule has 0 aliphatic heterocycles. The molecule has 0 amide bonds. The highest BCUT2D eigenvalue weighted by Gasteiger charge is 2.37. The molecule has 0 heterocycles. The van der Waals surface area contributed by atoms with Crippen LogP contribution in [0.25, 0.3) is 0 Å². The van der Waals surface area contributed by atoms with Crippen LogP contribution in [0.15, 0.2) is 0 Å². The SMILES string of the molecule is CC1(C)CCC(=O)C(C(=O)O)C1. The maximum atomic E-state index is 11.1. The van der Waals surface area contributed by atoms with Crippen molar-refractivity contribution in [2.45, 2.75) is 33.1 Å². The number of carbonyl (C=O) groups is 2. The van der Waals surface area contributed by atoms with Crippen molar-refractivity contribution in [2.75, 3.05) is 0 Å². The molecule has 68 valence electrons. The van der Waals surface area contributed by atoms with Crippen LogP contribution in [0.4, 0.5) is 0 Å². The quantitative estimate of drug-likeness (QED) is 0.606. The first kappa shape index (κ1) is 9.23. The van der Waals surface area contributed by atoms with Crippen LogP contribution < -0.4 is 0 Å². The molecule has 3 heteroatoms. The largest absolute Gasteiger partial charge is 0.481 e. The van der Waals surface area contributed by atoms with Gasteiger partial charge in [-0.3, -0.25) is 9.59 Å². The van der Waals surface area contributed by atoms with Crippen LogP contribution in [0.3, 0.4) is 0 Å². The van der Waals surface area contributed by atoms with Crippen molar-refractivity contribution in [3.63, 3.8) is 0 Å². The van der Waals surface area contributed by atoms with E-state index in [4.69, 9.17) is 5.11 Å². The van der Waals surface area contributed by atoms with E-state index in [0.29, 0.717) is 12.8 Å². The first-order chi connectivity index (χ1) is 5.42. The molecule has 3 nitrogen and oxygen atoms in total. The number of carboxylic acid groups (broad SMARTS) is 1. The summed E-state index contributed by atoms with van der Waals surface area (Å²) in [4.78, 5) is 21.8. The van der Waals surface area contributed by atoms with Gasteiger partial charge in [-0.05, 0) is 18.3 Å². The van der Waals surface area contributed by atoms with Gasteiger partial charge in [-0.2, -0.15) is 0 Å². The molecule has 1 N–H and O–H groups in total. The topological polar surface area (TPSA) is 54.4 Å². The molecule has 12 heavy (non-hydrogen) atoms. The van der Waals surface area contributed by atoms with Gasteiger partial charge in [0.1, 0.15) is 11.7 Å². The lowest BCUT2D eigenvalue weighted by molar-refractivity contribution is -0.149. The van der Waals surface area contributed by atoms with Crippen molar-refractivity contribution in [1.82, 2.24) is 0 Å². The molecule has 0 radical (unpaired) electrons. The molecule has 0 aromatic carbocycles. The summed E-state index contributed by atoms with van der Waals surface area (Å²) in [7, 11) is 0. The van der Waals surface area contributed by atoms with E-state index in [9.17, 15) is 9.59 Å². The van der Waals surface area contributed by atoms with Crippen LogP contribution in [-0.2, 0) is 9.59 Å². The third-order valence-electron chi connectivity index (χ3n) is 2.49. The van der Waals surface area contributed by atoms with Crippen molar-refractivity contribution >= 4 is 11.8 Å². The standard InChI is InChI=1S/C9H14O3/c1-9(2)4-3-7(10)6(5-9)8(11)12/h6H,3-5H2,1-2H3,(H,11,12). The fourth-order valence-corrected chi connectivity index (χ4v) is 1.63. The predicted octanol–water partition coefficient (Wildman–Crippen LogP) is 1.47. The summed E-state index contributed by atoms with van der Waals surface area (Å²) in [6.45, 7) is 4.02. The molecule has 0 bridgehead atoms. The fraction of sp³-hybridized carbons (Fsp3) is 0.778. The van der Waals surface area contributed by atoms with E-state index in [0.717, 1.165) is 6.42 Å². The van der Waals surface area contributed by atoms with Crippen molar-refractivity contribution in [3.05, 3.63) is 0 Å². The molecule has 1 aliphatic rings. The van der Waals surface area contributed by atoms with E-state index in [-0.39, 0.29) is 11.2 Å². The van der Waals surface area contributed by atoms with Gasteiger partial charge in [0.05, 0.1) is 0 Å². The van der Waals surface area contributed by atoms with Crippen LogP contribution in [-0.4, -0.2) is 16.9 Å². The number of aliphatic carboxylic acids is 1. The van der Waals surface area contributed by atoms with Crippen LogP contribution in [0.1, 0.15) is 33.1 Å². The molecule has 1 saturated carbocycles. The molecule has 0 saturated heterocycles. The maximum Gasteiger partial charge on any atom is 0.314 e. The Bertz CT molecular complexity index is 218. The highest BCUT2D eigenvalue weighted by Crippen LogP contribution is 2.36. The molecule has 1 aliphatic carbocycles. The Hall–Kier alpha value is -0.860. The van der Waals surface area contributed by atoms with Crippen LogP contribution in [0.2, 0.25) is 0 Å². The molecule has 1 unspecified atom stereocenters. The minimum absolute atomic E-state index is 0.0109. The molecular weight excluding hydrogens is 156 g/mol. The summed E-state index contributed by atoms with van der Waals surface area (Å²) in [6, 6.07) is 0. The van der Waals surface area contributed by atoms with Gasteiger partial charge in [0.25, 0.3) is 0 Å². The first-order valence-corrected chi connectivity index (χ1v) is 4.18. The summed E-state index contributed by atoms with van der Waals surface area (Å²) in [5, 5.41) is 8.72. The third kappa shape index (κ3) is 1.84. The predicted molar refractivity (Wildman–Crippen MR) is 43.8 cm³/mol. The summed E-state index contributed by atoms with van der Waals surface area (Å²) in [5.74, 6) is -1.83. The van der Waals surface area contributed by atoms with E-state index in [1.807, 2.05) is 13.8 Å². The van der Waals surface area contributed by atoms with Gasteiger partial charge in [-0.1, -0.05) is 13.8 Å². The Labute approximate surface area is 71.8 Å². The van der Waals surface area contributed by atoms with Crippen LogP contribution in [0, 0.1) is 11.3 Å². The highest BCUT2D eigenvalue weighted by atomic mass is 16.4. The van der Waals surface area contributed by atoms with Gasteiger partial charge >= 0.3 is 5.97 Å². The number of carbonyl (C=O) groups excluding carboxylic acids is 1. The molecule has 1 fully saturated rings. The van der Waals surface area contributed by atoms with Gasteiger partial charge in [0.15, 0.2) is 0 Å². The highest BCUT2D eigenvalue weighted by molar-refractivity contribution is 5.98. The maximum absolute atomic E-state index is 11.1. The normalized spacial score (nSPS) is 28.5. The minimum atomic E-state index is -0.965. The molecule has 0 aromatic rings. The van der Waals surface area contributed by atoms with Gasteiger partial charge < -0.3 is 5.11 Å². The molecule has 0 aromatic heterocycles. The summed E-state index contributed by atoms with van der Waals surface area (Å²) < 4.78 is 0. The summed E-state index contributed by atoms with van der Waals surface area (Å²) in [6.07, 6.45) is 1.72. The average Bonchev–Trinajstić information content (AvgIpc) is 1.94. The Morgan fingerprint density at radius 3 is 2.58 bits per heavy atom. The third-order valence-corrected chi connectivity index (χ3v) is 2.49. The minimum Gasteiger partial charge on any atom is -0.481 e. The number of carboxylic acids is 1. The lowest BCUT2D eigenvalue weighted by Crippen LogP contribution is -2.34. The summed E-state index contributed by atoms with van der Waals surface area (Å²) in [5.41, 5.74) is 0.0109. The Morgan fingerprint density at radius 1 is 1.58 bits per heavy atom. The van der Waals surface area contributed by atoms with E-state index in [2.05, 4.69) is 0 Å². The second-order valence-electron chi connectivity index (χ2n) is 4.23. The summed E-state index contributed by atoms with van der Waals surface area (Å²) >= 11 is 0. The monoisotopic (exact) mass is 170 g/mol. The van der Waals surface area contributed by atoms with E-state index in [1.165, 1.54) is 0 Å². The van der Waals surface area contributed by atoms with Crippen molar-refractivity contribution in [1.29, 1.82) is 0 Å². The van der Waals surface area contributed by atoms with Gasteiger partial charge in [0, 0.05) is 6.42 Å². The number of hydrogen-bond acceptors (Lipinski definition) is 2. The number of rotatable bonds is 1. The lowest BCUT2D eigenvalue weighted by Gasteiger charge is -2.32. The zero-order valence-corrected chi connectivity index (χ0v) is 7.46. The average molecular weight is 170 g/mol. The van der Waals surface area contributed by atoms with Crippen molar-refractivity contribution in [3.8, 4) is 0 Å². The molecule has 1 rings (SSSR count). The lowest BCUT2D eigenvalue weighted by atomic mass is 9.72. The van der Waals surface area contributed by atoms with E-state index < -0.39 is 11.9 Å². The van der Waals surface area contributed by atoms with Gasteiger partial charge in [0.2, 0.25) is 0 Å². The van der Waals surface area contributed by atoms with Crippen LogP contribution >= 0.6 is 0 Å². The van der Waals surface area contributed by atoms with Gasteiger partial charge in [-0.15, -0.1) is 0 Å². The van der Waals surface area contributed by atoms with E-state index >= 15 is 0 Å². The Morgan fingerprint density at radius 2 is 2.17 bits per heavy atom. The second-order valence-corrected chi connectivity index (χ2v) is 4.23. The number of hydrogen-bond donors (Lipinski definition) is 1. The zero-order chi connectivity index (χ0) is 9.35. The van der Waals surface area contributed by atoms with Gasteiger partial charge in [-0.25, -0.2) is 0 Å². The zero-order valence-electron chi connectivity index (χ0n) is 7.46. The first-order valence-electron chi connectivity index (χ1n) is 4.18. The van der Waals surface area contributed by atoms with Crippen molar-refractivity contribution < 1.29 is 14.7 Å². The van der Waals surface area contributed by atoms with Crippen molar-refractivity contribution in [2.24, 2.45) is 11.3 Å². The molecule has 0 spiro atoms. The smallest absolute Gasteiger partial charge is 0.314 e. The number of Topliss-reactive ketones (excluding diaryl/α,β-unsaturated/α-hetero) is 1. The fourth-order valence-electron chi connectivity index (χ4n) is 1.63. The van der Waals surface area contributed by atoms with Crippen LogP contribution in [0.5, 0.6) is 0 Å². The second kappa shape index (κ2) is 2.88. The van der Waals surface area contributed by atoms with E-state index in [1.54, 1.807) is 0 Å². The Kier molecular flexibility index (Phi) is 2.22. The molecular formula is C9H14O3. The number of ketones is 1. The Balaban J connectivity index is 2.72.